The van der Waals surface area contributed by atoms with Crippen LogP contribution in [0.5, 0.6) is 0 Å². The molecule has 3 atom stereocenters. The quantitative estimate of drug-likeness (QED) is 0.762. The normalized spacial score (nSPS) is 21.0. The number of rotatable bonds is 4. The van der Waals surface area contributed by atoms with Crippen LogP contribution in [0.4, 0.5) is 0 Å². The van der Waals surface area contributed by atoms with E-state index in [0.717, 1.165) is 23.4 Å². The van der Waals surface area contributed by atoms with E-state index >= 15 is 0 Å². The molecule has 1 amide bonds. The smallest absolute Gasteiger partial charge is 0.237 e. The van der Waals surface area contributed by atoms with Crippen molar-refractivity contribution in [1.82, 2.24) is 20.2 Å². The van der Waals surface area contributed by atoms with Gasteiger partial charge >= 0.3 is 0 Å². The van der Waals surface area contributed by atoms with Crippen LogP contribution < -0.4 is 10.6 Å². The second kappa shape index (κ2) is 8.67. The highest BCUT2D eigenvalue weighted by molar-refractivity contribution is 5.85. The summed E-state index contributed by atoms with van der Waals surface area (Å²) in [6.45, 7) is 5.29. The summed E-state index contributed by atoms with van der Waals surface area (Å²) in [6, 6.07) is 7.48. The van der Waals surface area contributed by atoms with Crippen LogP contribution in [0, 0.1) is 0 Å². The molecule has 0 saturated carbocycles. The fourth-order valence-corrected chi connectivity index (χ4v) is 3.05. The van der Waals surface area contributed by atoms with Crippen LogP contribution in [-0.2, 0) is 11.3 Å². The Morgan fingerprint density at radius 1 is 1.46 bits per heavy atom. The summed E-state index contributed by atoms with van der Waals surface area (Å²) in [7, 11) is 0. The molecule has 0 bridgehead atoms. The number of aliphatic hydroxyl groups is 1. The van der Waals surface area contributed by atoms with Crippen LogP contribution in [0.25, 0.3) is 11.0 Å². The molecule has 1 fully saturated rings. The van der Waals surface area contributed by atoms with Crippen molar-refractivity contribution in [2.75, 3.05) is 6.54 Å². The number of amides is 1. The van der Waals surface area contributed by atoms with Gasteiger partial charge in [-0.05, 0) is 32.4 Å². The highest BCUT2D eigenvalue weighted by Crippen LogP contribution is 2.21. The van der Waals surface area contributed by atoms with Crippen molar-refractivity contribution < 1.29 is 9.90 Å². The van der Waals surface area contributed by atoms with Gasteiger partial charge in [0.1, 0.15) is 5.82 Å². The third kappa shape index (κ3) is 4.00. The predicted molar refractivity (Wildman–Crippen MR) is 98.9 cm³/mol. The van der Waals surface area contributed by atoms with E-state index in [1.54, 1.807) is 0 Å². The molecule has 24 heavy (non-hydrogen) atoms. The zero-order chi connectivity index (χ0) is 15.7. The van der Waals surface area contributed by atoms with E-state index in [1.807, 2.05) is 31.2 Å². The molecule has 0 radical (unpaired) electrons. The van der Waals surface area contributed by atoms with Crippen molar-refractivity contribution in [2.45, 2.75) is 45.0 Å². The molecule has 8 heteroatoms. The number of hydrogen-bond donors (Lipinski definition) is 3. The molecule has 0 aliphatic carbocycles. The molecule has 3 unspecified atom stereocenters. The lowest BCUT2D eigenvalue weighted by atomic mass is 10.2. The summed E-state index contributed by atoms with van der Waals surface area (Å²) in [5.41, 5.74) is 2.02. The number of nitrogens with one attached hydrogen (secondary N) is 2. The molecule has 2 heterocycles. The Hall–Kier alpha value is -1.34. The molecule has 1 saturated heterocycles. The van der Waals surface area contributed by atoms with Gasteiger partial charge in [-0.15, -0.1) is 24.8 Å². The number of β-amino-alcohol motifs (C(OH)–C–C–N with tert-alkyl or cyclic N) is 1. The van der Waals surface area contributed by atoms with Crippen molar-refractivity contribution in [1.29, 1.82) is 0 Å². The Balaban J connectivity index is 0.00000144. The van der Waals surface area contributed by atoms with Crippen LogP contribution in [0.3, 0.4) is 0 Å². The number of fused-ring (bicyclic) bond motifs is 1. The van der Waals surface area contributed by atoms with E-state index in [9.17, 15) is 9.90 Å². The third-order valence-electron chi connectivity index (χ3n) is 4.17. The monoisotopic (exact) mass is 374 g/mol. The van der Waals surface area contributed by atoms with Gasteiger partial charge in [-0.3, -0.25) is 4.79 Å². The van der Waals surface area contributed by atoms with E-state index in [-0.39, 0.29) is 42.8 Å². The minimum absolute atomic E-state index is 0. The van der Waals surface area contributed by atoms with Gasteiger partial charge < -0.3 is 20.3 Å². The van der Waals surface area contributed by atoms with Crippen LogP contribution in [-0.4, -0.2) is 39.3 Å². The number of para-hydroxylation sites is 2. The first-order valence-corrected chi connectivity index (χ1v) is 7.77. The topological polar surface area (TPSA) is 79.2 Å². The number of nitrogens with zero attached hydrogens (tertiary/aromatic N) is 2. The summed E-state index contributed by atoms with van der Waals surface area (Å²) < 4.78 is 2.12. The maximum atomic E-state index is 12.3. The number of aliphatic hydroxyl groups excluding tert-OH is 1. The van der Waals surface area contributed by atoms with Crippen molar-refractivity contribution in [3.05, 3.63) is 30.1 Å². The molecule has 2 aromatic rings. The van der Waals surface area contributed by atoms with Gasteiger partial charge in [0, 0.05) is 13.1 Å². The van der Waals surface area contributed by atoms with Gasteiger partial charge in [0.25, 0.3) is 0 Å². The van der Waals surface area contributed by atoms with Crippen molar-refractivity contribution in [3.8, 4) is 0 Å². The summed E-state index contributed by atoms with van der Waals surface area (Å²) in [5.74, 6) is 0.773. The van der Waals surface area contributed by atoms with Gasteiger partial charge in [-0.25, -0.2) is 4.98 Å². The molecule has 134 valence electrons. The molecule has 0 spiro atoms. The van der Waals surface area contributed by atoms with Gasteiger partial charge in [0.2, 0.25) is 5.91 Å². The second-order valence-electron chi connectivity index (χ2n) is 5.78. The standard InChI is InChI=1S/C16H22N4O2.2ClH/c1-3-20-14-7-5-4-6-12(14)19-15(20)10(2)18-16(22)13-8-11(21)9-17-13;;/h4-7,10-11,13,17,21H,3,8-9H2,1-2H3,(H,18,22);2*1H. The first-order valence-electron chi connectivity index (χ1n) is 7.77. The number of hydrogen-bond acceptors (Lipinski definition) is 4. The Kier molecular flexibility index (Phi) is 7.48. The maximum absolute atomic E-state index is 12.3. The molecular formula is C16H24Cl2N4O2. The average molecular weight is 375 g/mol. The zero-order valence-corrected chi connectivity index (χ0v) is 15.4. The maximum Gasteiger partial charge on any atom is 0.237 e. The van der Waals surface area contributed by atoms with Crippen molar-refractivity contribution >= 4 is 41.8 Å². The summed E-state index contributed by atoms with van der Waals surface area (Å²) >= 11 is 0. The fraction of sp³-hybridized carbons (Fsp3) is 0.500. The van der Waals surface area contributed by atoms with Crippen LogP contribution in [0.1, 0.15) is 32.1 Å². The molecule has 1 aromatic carbocycles. The van der Waals surface area contributed by atoms with Crippen molar-refractivity contribution in [3.63, 3.8) is 0 Å². The SMILES string of the molecule is CCn1c(C(C)NC(=O)C2CC(O)CN2)nc2ccccc21.Cl.Cl. The molecule has 3 N–H and O–H groups in total. The predicted octanol–water partition coefficient (Wildman–Crippen LogP) is 1.80. The van der Waals surface area contributed by atoms with E-state index in [1.165, 1.54) is 0 Å². The molecule has 6 nitrogen and oxygen atoms in total. The van der Waals surface area contributed by atoms with Gasteiger partial charge in [-0.2, -0.15) is 0 Å². The molecule has 3 rings (SSSR count). The number of halogens is 2. The molecule has 1 aliphatic rings. The van der Waals surface area contributed by atoms with E-state index in [4.69, 9.17) is 0 Å². The number of aryl methyl sites for hydroxylation is 1. The Morgan fingerprint density at radius 2 is 2.17 bits per heavy atom. The van der Waals surface area contributed by atoms with E-state index in [0.29, 0.717) is 13.0 Å². The number of carbonyl (C=O) groups is 1. The average Bonchev–Trinajstić information content (AvgIpc) is 3.10. The zero-order valence-electron chi connectivity index (χ0n) is 13.7. The first kappa shape index (κ1) is 20.7. The first-order chi connectivity index (χ1) is 10.6. The highest BCUT2D eigenvalue weighted by Gasteiger charge is 2.29. The lowest BCUT2D eigenvalue weighted by Crippen LogP contribution is -2.41. The fourth-order valence-electron chi connectivity index (χ4n) is 3.05. The third-order valence-corrected chi connectivity index (χ3v) is 4.17. The molecular weight excluding hydrogens is 351 g/mol. The van der Waals surface area contributed by atoms with Gasteiger partial charge in [-0.1, -0.05) is 12.1 Å². The number of aromatic nitrogens is 2. The summed E-state index contributed by atoms with van der Waals surface area (Å²) in [6.07, 6.45) is 0.0224. The van der Waals surface area contributed by atoms with Gasteiger partial charge in [0.05, 0.1) is 29.2 Å². The number of benzene rings is 1. The van der Waals surface area contributed by atoms with Crippen LogP contribution in [0.2, 0.25) is 0 Å². The lowest BCUT2D eigenvalue weighted by molar-refractivity contribution is -0.123. The number of imidazole rings is 1. The Labute approximate surface area is 153 Å². The van der Waals surface area contributed by atoms with E-state index < -0.39 is 6.10 Å². The summed E-state index contributed by atoms with van der Waals surface area (Å²) in [5, 5.41) is 15.5. The molecule has 1 aliphatic heterocycles. The highest BCUT2D eigenvalue weighted by atomic mass is 35.5. The Bertz CT molecular complexity index is 692. The van der Waals surface area contributed by atoms with Gasteiger partial charge in [0.15, 0.2) is 0 Å². The minimum Gasteiger partial charge on any atom is -0.392 e. The van der Waals surface area contributed by atoms with Crippen LogP contribution in [0.15, 0.2) is 24.3 Å². The molecule has 1 aromatic heterocycles. The minimum atomic E-state index is -0.439. The Morgan fingerprint density at radius 3 is 2.79 bits per heavy atom. The van der Waals surface area contributed by atoms with E-state index in [2.05, 4.69) is 27.1 Å². The number of carbonyl (C=O) groups excluding carboxylic acids is 1. The van der Waals surface area contributed by atoms with Crippen LogP contribution >= 0.6 is 24.8 Å². The largest absolute Gasteiger partial charge is 0.392 e. The van der Waals surface area contributed by atoms with Crippen molar-refractivity contribution in [2.24, 2.45) is 0 Å². The lowest BCUT2D eigenvalue weighted by Gasteiger charge is -2.18. The summed E-state index contributed by atoms with van der Waals surface area (Å²) in [4.78, 5) is 16.9. The second-order valence-corrected chi connectivity index (χ2v) is 5.78.